The SMILES string of the molecule is O=C1CCOCC1CN1CC(O)C(O)C1. The molecule has 5 heteroatoms. The highest BCUT2D eigenvalue weighted by Gasteiger charge is 2.33. The van der Waals surface area contributed by atoms with Crippen LogP contribution in [-0.4, -0.2) is 66.0 Å². The van der Waals surface area contributed by atoms with Gasteiger partial charge >= 0.3 is 0 Å². The highest BCUT2D eigenvalue weighted by molar-refractivity contribution is 5.82. The van der Waals surface area contributed by atoms with Crippen molar-refractivity contribution in [2.45, 2.75) is 18.6 Å². The van der Waals surface area contributed by atoms with Gasteiger partial charge in [0.1, 0.15) is 5.78 Å². The Morgan fingerprint density at radius 2 is 2.00 bits per heavy atom. The second-order valence-electron chi connectivity index (χ2n) is 4.34. The quantitative estimate of drug-likeness (QED) is 0.594. The van der Waals surface area contributed by atoms with Gasteiger partial charge in [0.15, 0.2) is 0 Å². The minimum Gasteiger partial charge on any atom is -0.389 e. The molecule has 0 aromatic rings. The minimum absolute atomic E-state index is 0.0868. The molecule has 2 fully saturated rings. The van der Waals surface area contributed by atoms with Crippen LogP contribution in [0.2, 0.25) is 0 Å². The normalized spacial score (nSPS) is 38.5. The number of aliphatic hydroxyl groups is 2. The number of ether oxygens (including phenoxy) is 1. The molecule has 3 atom stereocenters. The first kappa shape index (κ1) is 11.0. The standard InChI is InChI=1S/C10H17NO4/c12-8-1-2-15-6-7(8)3-11-4-9(13)10(14)5-11/h7,9-10,13-14H,1-6H2. The molecule has 0 bridgehead atoms. The number of Topliss-reactive ketones (excluding diaryl/α,β-unsaturated/α-hetero) is 1. The van der Waals surface area contributed by atoms with E-state index in [-0.39, 0.29) is 11.7 Å². The van der Waals surface area contributed by atoms with Crippen molar-refractivity contribution >= 4 is 5.78 Å². The summed E-state index contributed by atoms with van der Waals surface area (Å²) in [6.07, 6.45) is -0.863. The van der Waals surface area contributed by atoms with Crippen LogP contribution in [0.3, 0.4) is 0 Å². The third kappa shape index (κ3) is 2.55. The van der Waals surface area contributed by atoms with Crippen molar-refractivity contribution < 1.29 is 19.7 Å². The Labute approximate surface area is 88.6 Å². The Morgan fingerprint density at radius 1 is 1.33 bits per heavy atom. The fourth-order valence-corrected chi connectivity index (χ4v) is 2.16. The molecule has 0 amide bonds. The van der Waals surface area contributed by atoms with Gasteiger partial charge in [-0.3, -0.25) is 9.69 Å². The zero-order valence-corrected chi connectivity index (χ0v) is 8.63. The van der Waals surface area contributed by atoms with Gasteiger partial charge in [-0.15, -0.1) is 0 Å². The lowest BCUT2D eigenvalue weighted by molar-refractivity contribution is -0.131. The molecule has 3 unspecified atom stereocenters. The van der Waals surface area contributed by atoms with Gasteiger partial charge in [0.25, 0.3) is 0 Å². The van der Waals surface area contributed by atoms with Crippen molar-refractivity contribution in [3.05, 3.63) is 0 Å². The number of likely N-dealkylation sites (tertiary alicyclic amines) is 1. The van der Waals surface area contributed by atoms with Gasteiger partial charge in [-0.2, -0.15) is 0 Å². The number of aliphatic hydroxyl groups excluding tert-OH is 2. The molecular formula is C10H17NO4. The average molecular weight is 215 g/mol. The lowest BCUT2D eigenvalue weighted by Gasteiger charge is -2.25. The molecule has 2 N–H and O–H groups in total. The van der Waals surface area contributed by atoms with Crippen molar-refractivity contribution in [2.24, 2.45) is 5.92 Å². The largest absolute Gasteiger partial charge is 0.389 e. The lowest BCUT2D eigenvalue weighted by Crippen LogP contribution is -2.38. The summed E-state index contributed by atoms with van der Waals surface area (Å²) in [6, 6.07) is 0. The molecule has 15 heavy (non-hydrogen) atoms. The van der Waals surface area contributed by atoms with E-state index in [9.17, 15) is 15.0 Å². The highest BCUT2D eigenvalue weighted by atomic mass is 16.5. The van der Waals surface area contributed by atoms with E-state index in [0.29, 0.717) is 39.3 Å². The second-order valence-corrected chi connectivity index (χ2v) is 4.34. The van der Waals surface area contributed by atoms with E-state index >= 15 is 0 Å². The van der Waals surface area contributed by atoms with E-state index in [2.05, 4.69) is 0 Å². The first-order valence-electron chi connectivity index (χ1n) is 5.36. The van der Waals surface area contributed by atoms with Crippen LogP contribution in [0.4, 0.5) is 0 Å². The molecule has 86 valence electrons. The van der Waals surface area contributed by atoms with Crippen molar-refractivity contribution in [3.63, 3.8) is 0 Å². The molecule has 0 aromatic heterocycles. The maximum atomic E-state index is 11.5. The lowest BCUT2D eigenvalue weighted by atomic mass is 10.0. The second kappa shape index (κ2) is 4.57. The van der Waals surface area contributed by atoms with E-state index in [1.165, 1.54) is 0 Å². The van der Waals surface area contributed by atoms with Crippen molar-refractivity contribution in [3.8, 4) is 0 Å². The molecular weight excluding hydrogens is 198 g/mol. The maximum absolute atomic E-state index is 11.5. The summed E-state index contributed by atoms with van der Waals surface area (Å²) < 4.78 is 5.24. The molecule has 2 aliphatic heterocycles. The number of hydrogen-bond donors (Lipinski definition) is 2. The van der Waals surface area contributed by atoms with Crippen LogP contribution >= 0.6 is 0 Å². The first-order chi connectivity index (χ1) is 7.16. The van der Waals surface area contributed by atoms with Crippen molar-refractivity contribution in [1.82, 2.24) is 4.90 Å². The number of nitrogens with zero attached hydrogens (tertiary/aromatic N) is 1. The highest BCUT2D eigenvalue weighted by Crippen LogP contribution is 2.16. The zero-order valence-electron chi connectivity index (χ0n) is 8.63. The molecule has 2 rings (SSSR count). The van der Waals surface area contributed by atoms with Gasteiger partial charge in [-0.25, -0.2) is 0 Å². The Kier molecular flexibility index (Phi) is 3.35. The van der Waals surface area contributed by atoms with Gasteiger partial charge in [-0.05, 0) is 0 Å². The topological polar surface area (TPSA) is 70.0 Å². The van der Waals surface area contributed by atoms with E-state index in [1.807, 2.05) is 4.90 Å². The first-order valence-corrected chi connectivity index (χ1v) is 5.36. The van der Waals surface area contributed by atoms with Gasteiger partial charge in [0, 0.05) is 26.1 Å². The molecule has 2 saturated heterocycles. The molecule has 0 radical (unpaired) electrons. The fourth-order valence-electron chi connectivity index (χ4n) is 2.16. The summed E-state index contributed by atoms with van der Waals surface area (Å²) in [5.41, 5.74) is 0. The summed E-state index contributed by atoms with van der Waals surface area (Å²) in [5.74, 6) is 0.147. The van der Waals surface area contributed by atoms with Gasteiger partial charge in [0.2, 0.25) is 0 Å². The van der Waals surface area contributed by atoms with Crippen LogP contribution in [0, 0.1) is 5.92 Å². The van der Waals surface area contributed by atoms with Crippen molar-refractivity contribution in [1.29, 1.82) is 0 Å². The number of ketones is 1. The van der Waals surface area contributed by atoms with Crippen LogP contribution in [0.5, 0.6) is 0 Å². The Morgan fingerprint density at radius 3 is 2.60 bits per heavy atom. The monoisotopic (exact) mass is 215 g/mol. The summed E-state index contributed by atoms with van der Waals surface area (Å²) in [7, 11) is 0. The predicted molar refractivity (Wildman–Crippen MR) is 52.4 cm³/mol. The van der Waals surface area contributed by atoms with Gasteiger partial charge in [-0.1, -0.05) is 0 Å². The summed E-state index contributed by atoms with van der Waals surface area (Å²) in [4.78, 5) is 13.4. The van der Waals surface area contributed by atoms with Crippen LogP contribution in [0.25, 0.3) is 0 Å². The molecule has 0 aliphatic carbocycles. The third-order valence-corrected chi connectivity index (χ3v) is 3.08. The molecule has 0 aromatic carbocycles. The number of carbonyl (C=O) groups is 1. The molecule has 5 nitrogen and oxygen atoms in total. The Balaban J connectivity index is 1.84. The van der Waals surface area contributed by atoms with E-state index in [1.54, 1.807) is 0 Å². The number of rotatable bonds is 2. The summed E-state index contributed by atoms with van der Waals surface area (Å²) in [5, 5.41) is 18.7. The van der Waals surface area contributed by atoms with Crippen LogP contribution in [0.1, 0.15) is 6.42 Å². The van der Waals surface area contributed by atoms with Crippen LogP contribution in [0.15, 0.2) is 0 Å². The molecule has 0 saturated carbocycles. The smallest absolute Gasteiger partial charge is 0.141 e. The van der Waals surface area contributed by atoms with E-state index in [0.717, 1.165) is 0 Å². The zero-order chi connectivity index (χ0) is 10.8. The van der Waals surface area contributed by atoms with Crippen LogP contribution in [-0.2, 0) is 9.53 Å². The molecule has 2 heterocycles. The molecule has 0 spiro atoms. The van der Waals surface area contributed by atoms with Gasteiger partial charge < -0.3 is 14.9 Å². The number of hydrogen-bond acceptors (Lipinski definition) is 5. The van der Waals surface area contributed by atoms with E-state index < -0.39 is 12.2 Å². The average Bonchev–Trinajstić information content (AvgIpc) is 2.50. The Bertz CT molecular complexity index is 236. The van der Waals surface area contributed by atoms with Crippen molar-refractivity contribution in [2.75, 3.05) is 32.8 Å². The maximum Gasteiger partial charge on any atom is 0.141 e. The summed E-state index contributed by atoms with van der Waals surface area (Å²) in [6.45, 7) is 2.49. The van der Waals surface area contributed by atoms with Gasteiger partial charge in [0.05, 0.1) is 31.3 Å². The minimum atomic E-state index is -0.676. The molecule has 2 aliphatic rings. The van der Waals surface area contributed by atoms with Crippen LogP contribution < -0.4 is 0 Å². The summed E-state index contributed by atoms with van der Waals surface area (Å²) >= 11 is 0. The van der Waals surface area contributed by atoms with E-state index in [4.69, 9.17) is 4.74 Å². The number of carbonyl (C=O) groups excluding carboxylic acids is 1. The fraction of sp³-hybridized carbons (Fsp3) is 0.900. The third-order valence-electron chi connectivity index (χ3n) is 3.08. The Hall–Kier alpha value is -0.490. The number of β-amino-alcohol motifs (C(OH)–C–C–N with tert-alkyl or cyclic N) is 2. The predicted octanol–water partition coefficient (Wildman–Crippen LogP) is -1.37.